The van der Waals surface area contributed by atoms with Gasteiger partial charge in [0.15, 0.2) is 11.5 Å². The monoisotopic (exact) mass is 387 g/mol. The third-order valence-electron chi connectivity index (χ3n) is 3.66. The molecule has 0 aromatic heterocycles. The van der Waals surface area contributed by atoms with Gasteiger partial charge >= 0.3 is 11.8 Å². The lowest BCUT2D eigenvalue weighted by Crippen LogP contribution is -2.32. The highest BCUT2D eigenvalue weighted by Gasteiger charge is 2.14. The van der Waals surface area contributed by atoms with Gasteiger partial charge in [0.25, 0.3) is 0 Å². The Labute approximate surface area is 162 Å². The van der Waals surface area contributed by atoms with Crippen LogP contribution in [0.5, 0.6) is 23.0 Å². The first kappa shape index (κ1) is 20.6. The van der Waals surface area contributed by atoms with Crippen LogP contribution in [0.4, 0.5) is 5.69 Å². The van der Waals surface area contributed by atoms with Crippen LogP contribution in [0.1, 0.15) is 5.56 Å². The standard InChI is InChI=1S/C19H21N3O6/c1-25-14-7-5-13(6-8-14)21-18(23)19(24)22-20-11-12-9-16(27-3)17(28-4)10-15(12)26-2/h5-11H,1-4H3,(H,21,23)(H,22,24)/b20-11-. The Hall–Kier alpha value is -3.75. The molecule has 0 aliphatic carbocycles. The molecule has 0 saturated heterocycles. The molecule has 0 aliphatic heterocycles. The molecule has 2 amide bonds. The maximum absolute atomic E-state index is 11.9. The van der Waals surface area contributed by atoms with Crippen molar-refractivity contribution in [2.45, 2.75) is 0 Å². The minimum Gasteiger partial charge on any atom is -0.497 e. The number of carbonyl (C=O) groups is 2. The second-order valence-electron chi connectivity index (χ2n) is 5.33. The summed E-state index contributed by atoms with van der Waals surface area (Å²) in [5.74, 6) is 0.259. The third-order valence-corrected chi connectivity index (χ3v) is 3.66. The fourth-order valence-electron chi connectivity index (χ4n) is 2.23. The van der Waals surface area contributed by atoms with Gasteiger partial charge in [-0.2, -0.15) is 5.10 Å². The number of hydrazone groups is 1. The first-order chi connectivity index (χ1) is 13.5. The average Bonchev–Trinajstić information content (AvgIpc) is 2.73. The van der Waals surface area contributed by atoms with Gasteiger partial charge in [0.1, 0.15) is 11.5 Å². The lowest BCUT2D eigenvalue weighted by atomic mass is 10.2. The van der Waals surface area contributed by atoms with Gasteiger partial charge in [0.05, 0.1) is 34.7 Å². The van der Waals surface area contributed by atoms with Gasteiger partial charge in [-0.05, 0) is 30.3 Å². The fourth-order valence-corrected chi connectivity index (χ4v) is 2.23. The van der Waals surface area contributed by atoms with Gasteiger partial charge in [-0.15, -0.1) is 0 Å². The number of anilines is 1. The lowest BCUT2D eigenvalue weighted by molar-refractivity contribution is -0.136. The highest BCUT2D eigenvalue weighted by Crippen LogP contribution is 2.33. The summed E-state index contributed by atoms with van der Waals surface area (Å²) in [6.45, 7) is 0. The minimum atomic E-state index is -0.925. The largest absolute Gasteiger partial charge is 0.497 e. The molecule has 0 atom stereocenters. The van der Waals surface area contributed by atoms with Crippen molar-refractivity contribution in [3.8, 4) is 23.0 Å². The smallest absolute Gasteiger partial charge is 0.329 e. The number of nitrogens with one attached hydrogen (secondary N) is 2. The molecule has 2 N–H and O–H groups in total. The number of amides is 2. The zero-order valence-electron chi connectivity index (χ0n) is 15.9. The number of carbonyl (C=O) groups excluding carboxylic acids is 2. The lowest BCUT2D eigenvalue weighted by Gasteiger charge is -2.11. The van der Waals surface area contributed by atoms with E-state index in [1.807, 2.05) is 0 Å². The van der Waals surface area contributed by atoms with Crippen molar-refractivity contribution in [3.05, 3.63) is 42.0 Å². The highest BCUT2D eigenvalue weighted by atomic mass is 16.5. The quantitative estimate of drug-likeness (QED) is 0.426. The van der Waals surface area contributed by atoms with Crippen LogP contribution in [0.25, 0.3) is 0 Å². The Kier molecular flexibility index (Phi) is 7.21. The third kappa shape index (κ3) is 5.13. The molecular formula is C19H21N3O6. The number of rotatable bonds is 7. The van der Waals surface area contributed by atoms with Crippen LogP contribution in [0.3, 0.4) is 0 Å². The second-order valence-corrected chi connectivity index (χ2v) is 5.33. The molecule has 0 saturated carbocycles. The number of methoxy groups -OCH3 is 4. The van der Waals surface area contributed by atoms with E-state index in [-0.39, 0.29) is 0 Å². The van der Waals surface area contributed by atoms with Crippen molar-refractivity contribution in [2.75, 3.05) is 33.8 Å². The van der Waals surface area contributed by atoms with E-state index < -0.39 is 11.8 Å². The van der Waals surface area contributed by atoms with E-state index in [4.69, 9.17) is 18.9 Å². The first-order valence-corrected chi connectivity index (χ1v) is 8.10. The molecule has 0 fully saturated rings. The van der Waals surface area contributed by atoms with Gasteiger partial charge in [-0.3, -0.25) is 9.59 Å². The zero-order valence-corrected chi connectivity index (χ0v) is 15.9. The minimum absolute atomic E-state index is 0.450. The topological polar surface area (TPSA) is 107 Å². The molecule has 0 heterocycles. The Morgan fingerprint density at radius 3 is 2.00 bits per heavy atom. The number of benzene rings is 2. The number of hydrogen-bond acceptors (Lipinski definition) is 7. The van der Waals surface area contributed by atoms with E-state index in [0.29, 0.717) is 34.2 Å². The van der Waals surface area contributed by atoms with Crippen LogP contribution < -0.4 is 29.7 Å². The fraction of sp³-hybridized carbons (Fsp3) is 0.211. The molecule has 2 aromatic rings. The molecule has 0 bridgehead atoms. The SMILES string of the molecule is COc1ccc(NC(=O)C(=O)N/N=C\c2cc(OC)c(OC)cc2OC)cc1. The van der Waals surface area contributed by atoms with Crippen LogP contribution in [0, 0.1) is 0 Å². The molecule has 2 aromatic carbocycles. The summed E-state index contributed by atoms with van der Waals surface area (Å²) in [5.41, 5.74) is 3.13. The van der Waals surface area contributed by atoms with Crippen LogP contribution in [-0.2, 0) is 9.59 Å². The summed E-state index contributed by atoms with van der Waals surface area (Å²) in [4.78, 5) is 23.8. The number of ether oxygens (including phenoxy) is 4. The summed E-state index contributed by atoms with van der Waals surface area (Å²) in [6.07, 6.45) is 1.33. The van der Waals surface area contributed by atoms with Gasteiger partial charge in [0.2, 0.25) is 0 Å². The predicted octanol–water partition coefficient (Wildman–Crippen LogP) is 1.81. The van der Waals surface area contributed by atoms with E-state index in [1.54, 1.807) is 36.4 Å². The summed E-state index contributed by atoms with van der Waals surface area (Å²) in [7, 11) is 6.02. The molecule has 9 heteroatoms. The predicted molar refractivity (Wildman–Crippen MR) is 103 cm³/mol. The van der Waals surface area contributed by atoms with Gasteiger partial charge in [0, 0.05) is 17.3 Å². The highest BCUT2D eigenvalue weighted by molar-refractivity contribution is 6.39. The molecule has 28 heavy (non-hydrogen) atoms. The molecule has 0 radical (unpaired) electrons. The van der Waals surface area contributed by atoms with Crippen molar-refractivity contribution >= 4 is 23.7 Å². The molecular weight excluding hydrogens is 366 g/mol. The van der Waals surface area contributed by atoms with Gasteiger partial charge in [-0.1, -0.05) is 0 Å². The van der Waals surface area contributed by atoms with Crippen molar-refractivity contribution in [1.29, 1.82) is 0 Å². The Bertz CT molecular complexity index is 865. The van der Waals surface area contributed by atoms with Crippen molar-refractivity contribution < 1.29 is 28.5 Å². The Balaban J connectivity index is 2.02. The molecule has 148 valence electrons. The van der Waals surface area contributed by atoms with E-state index in [2.05, 4.69) is 15.8 Å². The summed E-state index contributed by atoms with van der Waals surface area (Å²) in [6, 6.07) is 9.80. The molecule has 2 rings (SSSR count). The van der Waals surface area contributed by atoms with Gasteiger partial charge in [-0.25, -0.2) is 5.43 Å². The first-order valence-electron chi connectivity index (χ1n) is 8.10. The van der Waals surface area contributed by atoms with Crippen molar-refractivity contribution in [1.82, 2.24) is 5.43 Å². The van der Waals surface area contributed by atoms with Gasteiger partial charge < -0.3 is 24.3 Å². The number of nitrogens with zero attached hydrogens (tertiary/aromatic N) is 1. The van der Waals surface area contributed by atoms with E-state index in [1.165, 1.54) is 34.7 Å². The normalized spacial score (nSPS) is 10.3. The molecule has 0 aliphatic rings. The second kappa shape index (κ2) is 9.81. The van der Waals surface area contributed by atoms with Crippen LogP contribution in [-0.4, -0.2) is 46.5 Å². The van der Waals surface area contributed by atoms with Crippen LogP contribution in [0.2, 0.25) is 0 Å². The average molecular weight is 387 g/mol. The Morgan fingerprint density at radius 1 is 0.821 bits per heavy atom. The summed E-state index contributed by atoms with van der Waals surface area (Å²) >= 11 is 0. The Morgan fingerprint density at radius 2 is 1.43 bits per heavy atom. The van der Waals surface area contributed by atoms with E-state index in [9.17, 15) is 9.59 Å². The van der Waals surface area contributed by atoms with Crippen molar-refractivity contribution in [2.24, 2.45) is 5.10 Å². The van der Waals surface area contributed by atoms with Crippen LogP contribution >= 0.6 is 0 Å². The maximum Gasteiger partial charge on any atom is 0.329 e. The summed E-state index contributed by atoms with van der Waals surface area (Å²) in [5, 5.41) is 6.25. The van der Waals surface area contributed by atoms with Crippen molar-refractivity contribution in [3.63, 3.8) is 0 Å². The molecule has 0 unspecified atom stereocenters. The molecule has 0 spiro atoms. The van der Waals surface area contributed by atoms with E-state index in [0.717, 1.165) is 0 Å². The molecule has 9 nitrogen and oxygen atoms in total. The zero-order chi connectivity index (χ0) is 20.5. The summed E-state index contributed by atoms with van der Waals surface area (Å²) < 4.78 is 20.7. The maximum atomic E-state index is 11.9. The van der Waals surface area contributed by atoms with Crippen LogP contribution in [0.15, 0.2) is 41.5 Å². The number of hydrogen-bond donors (Lipinski definition) is 2. The van der Waals surface area contributed by atoms with E-state index >= 15 is 0 Å².